The number of para-hydroxylation sites is 2. The molecule has 1 spiro atoms. The number of amidine groups is 1. The molecular formula is C38H34N4O6. The van der Waals surface area contributed by atoms with Crippen molar-refractivity contribution < 1.29 is 28.6 Å². The Morgan fingerprint density at radius 2 is 1.19 bits per heavy atom. The summed E-state index contributed by atoms with van der Waals surface area (Å²) in [7, 11) is 3.77. The number of nitrogens with zero attached hydrogens (tertiary/aromatic N) is 4. The van der Waals surface area contributed by atoms with Crippen molar-refractivity contribution >= 4 is 40.8 Å². The SMILES string of the molecule is COC(=O)C(C)=C1N(c2ccc(C)cc2)C(C(=O)OC)=C(C(=O)OC)C12N(c1ccccc1)N=C(c1ccccc1)N2c1ccccc1. The third-order valence-corrected chi connectivity index (χ3v) is 8.35. The van der Waals surface area contributed by atoms with Crippen molar-refractivity contribution in [1.82, 2.24) is 0 Å². The van der Waals surface area contributed by atoms with E-state index in [4.69, 9.17) is 19.3 Å². The Morgan fingerprint density at radius 3 is 1.73 bits per heavy atom. The number of rotatable bonds is 7. The summed E-state index contributed by atoms with van der Waals surface area (Å²) in [5.41, 5.74) is 1.60. The molecule has 4 aromatic rings. The molecule has 2 aliphatic heterocycles. The molecule has 1 unspecified atom stereocenters. The molecule has 0 aliphatic carbocycles. The molecule has 10 nitrogen and oxygen atoms in total. The molecule has 0 bridgehead atoms. The van der Waals surface area contributed by atoms with E-state index in [1.165, 1.54) is 21.3 Å². The van der Waals surface area contributed by atoms with E-state index in [9.17, 15) is 14.4 Å². The van der Waals surface area contributed by atoms with Crippen LogP contribution in [0.4, 0.5) is 17.1 Å². The Morgan fingerprint density at radius 1 is 0.646 bits per heavy atom. The van der Waals surface area contributed by atoms with E-state index in [1.807, 2.05) is 127 Å². The molecule has 48 heavy (non-hydrogen) atoms. The fourth-order valence-corrected chi connectivity index (χ4v) is 6.28. The van der Waals surface area contributed by atoms with Crippen molar-refractivity contribution in [2.45, 2.75) is 19.5 Å². The number of ether oxygens (including phenoxy) is 3. The second-order valence-electron chi connectivity index (χ2n) is 11.1. The highest BCUT2D eigenvalue weighted by atomic mass is 16.5. The number of aryl methyl sites for hydroxylation is 1. The number of anilines is 3. The minimum absolute atomic E-state index is 0.113. The number of carbonyl (C=O) groups is 3. The van der Waals surface area contributed by atoms with E-state index in [0.717, 1.165) is 5.56 Å². The van der Waals surface area contributed by atoms with E-state index in [2.05, 4.69) is 0 Å². The largest absolute Gasteiger partial charge is 0.466 e. The Balaban J connectivity index is 1.88. The molecule has 242 valence electrons. The van der Waals surface area contributed by atoms with Gasteiger partial charge in [-0.1, -0.05) is 84.4 Å². The van der Waals surface area contributed by atoms with E-state index in [0.29, 0.717) is 28.5 Å². The van der Waals surface area contributed by atoms with Gasteiger partial charge in [-0.15, -0.1) is 0 Å². The fraction of sp³-hybridized carbons (Fsp3) is 0.158. The van der Waals surface area contributed by atoms with Gasteiger partial charge >= 0.3 is 17.9 Å². The maximum Gasteiger partial charge on any atom is 0.355 e. The average molecular weight is 643 g/mol. The molecule has 0 fully saturated rings. The summed E-state index contributed by atoms with van der Waals surface area (Å²) in [6.07, 6.45) is 0. The van der Waals surface area contributed by atoms with E-state index in [1.54, 1.807) is 16.8 Å². The van der Waals surface area contributed by atoms with Crippen LogP contribution in [0.3, 0.4) is 0 Å². The van der Waals surface area contributed by atoms with Gasteiger partial charge in [0, 0.05) is 16.9 Å². The minimum Gasteiger partial charge on any atom is -0.466 e. The third kappa shape index (κ3) is 4.98. The summed E-state index contributed by atoms with van der Waals surface area (Å²) in [6, 6.07) is 35.5. The number of hydrogen-bond donors (Lipinski definition) is 0. The molecule has 4 aromatic carbocycles. The summed E-state index contributed by atoms with van der Waals surface area (Å²) in [6.45, 7) is 3.54. The zero-order chi connectivity index (χ0) is 34.0. The van der Waals surface area contributed by atoms with Crippen molar-refractivity contribution in [2.75, 3.05) is 36.1 Å². The highest BCUT2D eigenvalue weighted by molar-refractivity contribution is 6.20. The molecule has 1 atom stereocenters. The second-order valence-corrected chi connectivity index (χ2v) is 11.1. The number of esters is 3. The van der Waals surface area contributed by atoms with Gasteiger partial charge in [-0.3, -0.25) is 4.90 Å². The van der Waals surface area contributed by atoms with E-state index < -0.39 is 23.6 Å². The predicted molar refractivity (Wildman–Crippen MR) is 183 cm³/mol. The molecule has 6 rings (SSSR count). The molecule has 0 aromatic heterocycles. The van der Waals surface area contributed by atoms with Gasteiger partial charge in [-0.05, 0) is 50.2 Å². The van der Waals surface area contributed by atoms with Gasteiger partial charge in [0.1, 0.15) is 11.3 Å². The van der Waals surface area contributed by atoms with Crippen molar-refractivity contribution in [2.24, 2.45) is 5.10 Å². The lowest BCUT2D eigenvalue weighted by Crippen LogP contribution is -2.61. The van der Waals surface area contributed by atoms with Gasteiger partial charge in [-0.25, -0.2) is 19.4 Å². The minimum atomic E-state index is -1.84. The average Bonchev–Trinajstić information content (AvgIpc) is 3.65. The van der Waals surface area contributed by atoms with Crippen LogP contribution < -0.4 is 14.8 Å². The molecule has 0 N–H and O–H groups in total. The van der Waals surface area contributed by atoms with Crippen LogP contribution in [0.1, 0.15) is 18.1 Å². The molecule has 2 heterocycles. The molecule has 0 radical (unpaired) electrons. The molecular weight excluding hydrogens is 608 g/mol. The highest BCUT2D eigenvalue weighted by Gasteiger charge is 2.67. The Labute approximate surface area is 278 Å². The smallest absolute Gasteiger partial charge is 0.355 e. The molecule has 2 aliphatic rings. The Hall–Kier alpha value is -6.16. The van der Waals surface area contributed by atoms with Gasteiger partial charge in [-0.2, -0.15) is 5.10 Å². The summed E-state index contributed by atoms with van der Waals surface area (Å²) in [5.74, 6) is -1.88. The molecule has 0 amide bonds. The Kier molecular flexibility index (Phi) is 8.56. The first-order chi connectivity index (χ1) is 23.3. The third-order valence-electron chi connectivity index (χ3n) is 8.35. The fourth-order valence-electron chi connectivity index (χ4n) is 6.28. The van der Waals surface area contributed by atoms with Gasteiger partial charge in [0.05, 0.1) is 38.3 Å². The van der Waals surface area contributed by atoms with E-state index >= 15 is 0 Å². The van der Waals surface area contributed by atoms with Crippen molar-refractivity contribution in [1.29, 1.82) is 0 Å². The monoisotopic (exact) mass is 642 g/mol. The normalized spacial score (nSPS) is 18.2. The van der Waals surface area contributed by atoms with E-state index in [-0.39, 0.29) is 22.5 Å². The summed E-state index contributed by atoms with van der Waals surface area (Å²) in [5, 5.41) is 6.90. The summed E-state index contributed by atoms with van der Waals surface area (Å²) >= 11 is 0. The van der Waals surface area contributed by atoms with Crippen molar-refractivity contribution in [3.05, 3.63) is 149 Å². The standard InChI is InChI=1S/C38H34N4O6/c1-25-21-23-28(24-22-25)40-32(37(45)48-5)31(36(44)47-4)38(33(40)26(2)35(43)46-3)41(29-17-11-7-12-18-29)34(27-15-9-6-10-16-27)39-42(38)30-19-13-8-14-20-30/h6-24H,1-5H3. The predicted octanol–water partition coefficient (Wildman–Crippen LogP) is 5.95. The van der Waals surface area contributed by atoms with Gasteiger partial charge in [0.2, 0.25) is 5.66 Å². The van der Waals surface area contributed by atoms with Crippen LogP contribution in [0.2, 0.25) is 0 Å². The lowest BCUT2D eigenvalue weighted by molar-refractivity contribution is -0.139. The molecule has 0 saturated carbocycles. The van der Waals surface area contributed by atoms with Crippen LogP contribution in [0, 0.1) is 6.92 Å². The zero-order valence-corrected chi connectivity index (χ0v) is 27.2. The van der Waals surface area contributed by atoms with Gasteiger partial charge in [0.15, 0.2) is 5.84 Å². The number of hydrazone groups is 1. The number of benzene rings is 4. The first-order valence-electron chi connectivity index (χ1n) is 15.2. The Bertz CT molecular complexity index is 1960. The molecule has 10 heteroatoms. The van der Waals surface area contributed by atoms with Crippen LogP contribution >= 0.6 is 0 Å². The number of carbonyl (C=O) groups excluding carboxylic acids is 3. The lowest BCUT2D eigenvalue weighted by atomic mass is 9.90. The summed E-state index contributed by atoms with van der Waals surface area (Å²) < 4.78 is 16.2. The quantitative estimate of drug-likeness (QED) is 0.138. The topological polar surface area (TPSA) is 101 Å². The van der Waals surface area contributed by atoms with Crippen molar-refractivity contribution in [3.63, 3.8) is 0 Å². The van der Waals surface area contributed by atoms with Crippen LogP contribution in [0.25, 0.3) is 0 Å². The van der Waals surface area contributed by atoms with Gasteiger partial charge in [0.25, 0.3) is 0 Å². The van der Waals surface area contributed by atoms with Gasteiger partial charge < -0.3 is 19.1 Å². The zero-order valence-electron chi connectivity index (χ0n) is 27.2. The van der Waals surface area contributed by atoms with Crippen LogP contribution in [-0.2, 0) is 28.6 Å². The lowest BCUT2D eigenvalue weighted by Gasteiger charge is -2.44. The molecule has 0 saturated heterocycles. The number of hydrogen-bond acceptors (Lipinski definition) is 10. The number of methoxy groups -OCH3 is 3. The van der Waals surface area contributed by atoms with Crippen molar-refractivity contribution in [3.8, 4) is 0 Å². The summed E-state index contributed by atoms with van der Waals surface area (Å²) in [4.78, 5) is 45.8. The highest BCUT2D eigenvalue weighted by Crippen LogP contribution is 2.56. The maximum atomic E-state index is 14.5. The van der Waals surface area contributed by atoms with Crippen LogP contribution in [0.15, 0.2) is 143 Å². The second kappa shape index (κ2) is 12.9. The first kappa shape index (κ1) is 31.8. The van der Waals surface area contributed by atoms with Crippen LogP contribution in [-0.4, -0.2) is 50.7 Å². The van der Waals surface area contributed by atoms with Crippen LogP contribution in [0.5, 0.6) is 0 Å². The maximum absolute atomic E-state index is 14.5. The first-order valence-corrected chi connectivity index (χ1v) is 15.2.